The second-order valence-electron chi connectivity index (χ2n) is 7.66. The highest BCUT2D eigenvalue weighted by atomic mass is 16.5. The van der Waals surface area contributed by atoms with Crippen LogP contribution < -0.4 is 19.6 Å². The molecule has 0 aromatic heterocycles. The molecule has 0 saturated carbocycles. The van der Waals surface area contributed by atoms with E-state index < -0.39 is 18.0 Å². The van der Waals surface area contributed by atoms with Gasteiger partial charge in [-0.1, -0.05) is 48.5 Å². The highest BCUT2D eigenvalue weighted by Gasteiger charge is 2.15. The lowest BCUT2D eigenvalue weighted by Crippen LogP contribution is -2.33. The Labute approximate surface area is 202 Å². The van der Waals surface area contributed by atoms with Crippen LogP contribution in [0.1, 0.15) is 22.8 Å². The minimum atomic E-state index is -0.755. The number of ether oxygens (including phenoxy) is 3. The maximum atomic E-state index is 12.5. The summed E-state index contributed by atoms with van der Waals surface area (Å²) in [6.07, 6.45) is 0.711. The van der Waals surface area contributed by atoms with Gasteiger partial charge in [-0.2, -0.15) is 5.10 Å². The number of fused-ring (bicyclic) bond motifs is 1. The van der Waals surface area contributed by atoms with Gasteiger partial charge in [0, 0.05) is 5.39 Å². The summed E-state index contributed by atoms with van der Waals surface area (Å²) >= 11 is 0. The molecule has 4 rings (SSSR count). The van der Waals surface area contributed by atoms with Gasteiger partial charge in [-0.25, -0.2) is 10.2 Å². The molecule has 176 valence electrons. The maximum Gasteiger partial charge on any atom is 0.343 e. The number of amides is 1. The van der Waals surface area contributed by atoms with Crippen molar-refractivity contribution in [1.82, 2.24) is 5.43 Å². The molecule has 1 N–H and O–H groups in total. The van der Waals surface area contributed by atoms with Gasteiger partial charge in [-0.3, -0.25) is 4.79 Å². The summed E-state index contributed by atoms with van der Waals surface area (Å²) in [6, 6.07) is 26.9. The van der Waals surface area contributed by atoms with Crippen molar-refractivity contribution in [2.24, 2.45) is 5.10 Å². The topological polar surface area (TPSA) is 86.2 Å². The number of nitrogens with one attached hydrogen (secondary N) is 1. The Hall–Kier alpha value is -4.65. The first-order valence-corrected chi connectivity index (χ1v) is 11.0. The van der Waals surface area contributed by atoms with E-state index in [9.17, 15) is 9.59 Å². The molecule has 0 saturated heterocycles. The summed E-state index contributed by atoms with van der Waals surface area (Å²) < 4.78 is 16.4. The van der Waals surface area contributed by atoms with Crippen molar-refractivity contribution >= 4 is 28.9 Å². The second-order valence-corrected chi connectivity index (χ2v) is 7.66. The van der Waals surface area contributed by atoms with Gasteiger partial charge in [0.2, 0.25) is 0 Å². The fourth-order valence-corrected chi connectivity index (χ4v) is 3.36. The number of benzene rings is 4. The molecule has 0 fully saturated rings. The van der Waals surface area contributed by atoms with Gasteiger partial charge in [0.25, 0.3) is 5.91 Å². The van der Waals surface area contributed by atoms with Gasteiger partial charge in [0.1, 0.15) is 17.2 Å². The number of esters is 1. The zero-order valence-corrected chi connectivity index (χ0v) is 19.3. The third-order valence-electron chi connectivity index (χ3n) is 5.21. The SMILES string of the molecule is COc1ccc(C(=O)Oc2cccc(/C=N\NC(=O)[C@@H](C)Oc3cccc4ccccc34)c2)cc1. The third-order valence-corrected chi connectivity index (χ3v) is 5.21. The fourth-order valence-electron chi connectivity index (χ4n) is 3.36. The minimum absolute atomic E-state index is 0.355. The van der Waals surface area contributed by atoms with Gasteiger partial charge in [-0.05, 0) is 60.3 Å². The summed E-state index contributed by atoms with van der Waals surface area (Å²) in [4.78, 5) is 24.8. The van der Waals surface area contributed by atoms with Crippen molar-refractivity contribution in [3.05, 3.63) is 102 Å². The molecule has 0 aliphatic rings. The Morgan fingerprint density at radius 1 is 0.886 bits per heavy atom. The van der Waals surface area contributed by atoms with Crippen LogP contribution in [0.4, 0.5) is 0 Å². The van der Waals surface area contributed by atoms with Crippen LogP contribution in [0.25, 0.3) is 10.8 Å². The second kappa shape index (κ2) is 11.0. The minimum Gasteiger partial charge on any atom is -0.497 e. The molecule has 0 aliphatic heterocycles. The lowest BCUT2D eigenvalue weighted by Gasteiger charge is -2.14. The van der Waals surface area contributed by atoms with Gasteiger partial charge < -0.3 is 14.2 Å². The van der Waals surface area contributed by atoms with E-state index in [0.29, 0.717) is 28.4 Å². The molecule has 0 heterocycles. The molecule has 0 bridgehead atoms. The van der Waals surface area contributed by atoms with Crippen molar-refractivity contribution in [1.29, 1.82) is 0 Å². The number of methoxy groups -OCH3 is 1. The molecule has 7 heteroatoms. The number of hydrogen-bond acceptors (Lipinski definition) is 6. The van der Waals surface area contributed by atoms with E-state index in [1.807, 2.05) is 42.5 Å². The average Bonchev–Trinajstić information content (AvgIpc) is 2.89. The van der Waals surface area contributed by atoms with E-state index >= 15 is 0 Å². The van der Waals surface area contributed by atoms with E-state index in [2.05, 4.69) is 10.5 Å². The molecule has 0 spiro atoms. The van der Waals surface area contributed by atoms with Crippen LogP contribution in [0.5, 0.6) is 17.2 Å². The molecule has 4 aromatic rings. The third kappa shape index (κ3) is 6.03. The first-order valence-electron chi connectivity index (χ1n) is 11.0. The predicted molar refractivity (Wildman–Crippen MR) is 134 cm³/mol. The van der Waals surface area contributed by atoms with Crippen molar-refractivity contribution in [2.75, 3.05) is 7.11 Å². The Morgan fingerprint density at radius 2 is 1.63 bits per heavy atom. The van der Waals surface area contributed by atoms with E-state index in [0.717, 1.165) is 10.8 Å². The Morgan fingerprint density at radius 3 is 2.43 bits per heavy atom. The van der Waals surface area contributed by atoms with Crippen molar-refractivity contribution < 1.29 is 23.8 Å². The molecule has 0 aliphatic carbocycles. The smallest absolute Gasteiger partial charge is 0.343 e. The summed E-state index contributed by atoms with van der Waals surface area (Å²) in [6.45, 7) is 1.66. The molecular formula is C28H24N2O5. The summed E-state index contributed by atoms with van der Waals surface area (Å²) in [5.41, 5.74) is 3.53. The van der Waals surface area contributed by atoms with Crippen LogP contribution in [-0.2, 0) is 4.79 Å². The Bertz CT molecular complexity index is 1360. The number of nitrogens with zero attached hydrogens (tertiary/aromatic N) is 1. The molecular weight excluding hydrogens is 444 g/mol. The lowest BCUT2D eigenvalue weighted by molar-refractivity contribution is -0.127. The van der Waals surface area contributed by atoms with Gasteiger partial charge in [0.05, 0.1) is 18.9 Å². The number of carbonyl (C=O) groups is 2. The average molecular weight is 469 g/mol. The number of carbonyl (C=O) groups excluding carboxylic acids is 2. The summed E-state index contributed by atoms with van der Waals surface area (Å²) in [7, 11) is 1.56. The van der Waals surface area contributed by atoms with E-state index in [-0.39, 0.29) is 0 Å². The number of hydrazone groups is 1. The first-order chi connectivity index (χ1) is 17.0. The molecule has 7 nitrogen and oxygen atoms in total. The van der Waals surface area contributed by atoms with Crippen LogP contribution >= 0.6 is 0 Å². The van der Waals surface area contributed by atoms with E-state index in [1.54, 1.807) is 62.6 Å². The molecule has 1 atom stereocenters. The zero-order chi connectivity index (χ0) is 24.6. The highest BCUT2D eigenvalue weighted by molar-refractivity contribution is 5.92. The summed E-state index contributed by atoms with van der Waals surface area (Å²) in [5.74, 6) is 0.749. The Kier molecular flexibility index (Phi) is 7.37. The lowest BCUT2D eigenvalue weighted by atomic mass is 10.1. The van der Waals surface area contributed by atoms with E-state index in [1.165, 1.54) is 6.21 Å². The van der Waals surface area contributed by atoms with Crippen LogP contribution in [-0.4, -0.2) is 31.3 Å². The molecule has 4 aromatic carbocycles. The molecule has 0 radical (unpaired) electrons. The zero-order valence-electron chi connectivity index (χ0n) is 19.3. The van der Waals surface area contributed by atoms with Crippen LogP contribution in [0.2, 0.25) is 0 Å². The first kappa shape index (κ1) is 23.5. The van der Waals surface area contributed by atoms with Crippen molar-refractivity contribution in [2.45, 2.75) is 13.0 Å². The standard InChI is InChI=1S/C28H24N2O5/c1-19(34-26-12-6-9-21-8-3-4-11-25(21)26)27(31)30-29-18-20-7-5-10-24(17-20)35-28(32)22-13-15-23(33-2)16-14-22/h3-19H,1-2H3,(H,30,31)/b29-18-/t19-/m1/s1. The van der Waals surface area contributed by atoms with Crippen LogP contribution in [0.15, 0.2) is 96.1 Å². The number of rotatable bonds is 8. The van der Waals surface area contributed by atoms with Gasteiger partial charge >= 0.3 is 5.97 Å². The van der Waals surface area contributed by atoms with Gasteiger partial charge in [-0.15, -0.1) is 0 Å². The van der Waals surface area contributed by atoms with Crippen molar-refractivity contribution in [3.63, 3.8) is 0 Å². The molecule has 0 unspecified atom stereocenters. The molecule has 35 heavy (non-hydrogen) atoms. The summed E-state index contributed by atoms with van der Waals surface area (Å²) in [5, 5.41) is 5.97. The van der Waals surface area contributed by atoms with Crippen molar-refractivity contribution in [3.8, 4) is 17.2 Å². The van der Waals surface area contributed by atoms with Gasteiger partial charge in [0.15, 0.2) is 6.10 Å². The highest BCUT2D eigenvalue weighted by Crippen LogP contribution is 2.26. The Balaban J connectivity index is 1.34. The van der Waals surface area contributed by atoms with Crippen LogP contribution in [0.3, 0.4) is 0 Å². The number of hydrogen-bond donors (Lipinski definition) is 1. The largest absolute Gasteiger partial charge is 0.497 e. The van der Waals surface area contributed by atoms with Crippen LogP contribution in [0, 0.1) is 0 Å². The van der Waals surface area contributed by atoms with E-state index in [4.69, 9.17) is 14.2 Å². The fraction of sp³-hybridized carbons (Fsp3) is 0.107. The molecule has 1 amide bonds. The predicted octanol–water partition coefficient (Wildman–Crippen LogP) is 4.99. The monoisotopic (exact) mass is 468 g/mol. The quantitative estimate of drug-likeness (QED) is 0.171. The maximum absolute atomic E-state index is 12.5. The normalized spacial score (nSPS) is 11.7.